The molecule has 13 heteroatoms. The van der Waals surface area contributed by atoms with Crippen LogP contribution in [-0.4, -0.2) is 77.3 Å². The van der Waals surface area contributed by atoms with Crippen LogP contribution >= 0.6 is 0 Å². The summed E-state index contributed by atoms with van der Waals surface area (Å²) in [5, 5.41) is 60.7. The van der Waals surface area contributed by atoms with Gasteiger partial charge in [0.05, 0.1) is 0 Å². The third-order valence-corrected chi connectivity index (χ3v) is 5.03. The minimum absolute atomic E-state index is 1.07. The van der Waals surface area contributed by atoms with E-state index < -0.39 is 74.4 Å². The van der Waals surface area contributed by atoms with Crippen LogP contribution in [0.2, 0.25) is 0 Å². The summed E-state index contributed by atoms with van der Waals surface area (Å²) in [6, 6.07) is 0. The molecule has 13 nitrogen and oxygen atoms in total. The van der Waals surface area contributed by atoms with E-state index >= 15 is 0 Å². The summed E-state index contributed by atoms with van der Waals surface area (Å²) >= 11 is 0. The van der Waals surface area contributed by atoms with E-state index in [0.717, 1.165) is 41.5 Å². The van der Waals surface area contributed by atoms with E-state index in [1.54, 1.807) is 0 Å². The molecule has 1 aromatic rings. The Kier molecular flexibility index (Phi) is 7.85. The lowest BCUT2D eigenvalue weighted by atomic mass is 10.3. The highest BCUT2D eigenvalue weighted by molar-refractivity contribution is 5.41. The zero-order chi connectivity index (χ0) is 23.8. The van der Waals surface area contributed by atoms with Crippen LogP contribution in [-0.2, 0) is 0 Å². The molecule has 0 aliphatic heterocycles. The van der Waals surface area contributed by atoms with Crippen LogP contribution in [0.5, 0.6) is 11.5 Å². The molecular weight excluding hydrogens is 408 g/mol. The number of hydroxylamine groups is 6. The summed E-state index contributed by atoms with van der Waals surface area (Å²) in [6.45, 7) is 6.70. The maximum absolute atomic E-state index is 12.4. The first-order valence-electron chi connectivity index (χ1n) is 9.20. The van der Waals surface area contributed by atoms with Crippen molar-refractivity contribution in [2.45, 2.75) is 78.9 Å². The Morgan fingerprint density at radius 3 is 0.867 bits per heavy atom. The molecule has 0 saturated heterocycles. The molecular formula is C17H30N2O11+2. The van der Waals surface area contributed by atoms with E-state index in [-0.39, 0.29) is 0 Å². The summed E-state index contributed by atoms with van der Waals surface area (Å²) in [7, 11) is 0. The zero-order valence-electron chi connectivity index (χ0n) is 17.6. The Hall–Kier alpha value is -1.97. The molecule has 30 heavy (non-hydrogen) atoms. The van der Waals surface area contributed by atoms with Crippen LogP contribution in [0.15, 0.2) is 14.4 Å². The molecule has 1 aromatic carbocycles. The Balaban J connectivity index is 3.82. The van der Waals surface area contributed by atoms with Crippen molar-refractivity contribution in [1.82, 2.24) is 0 Å². The molecule has 0 bridgehead atoms. The molecule has 0 aromatic heterocycles. The van der Waals surface area contributed by atoms with E-state index in [2.05, 4.69) is 0 Å². The molecule has 6 unspecified atom stereocenters. The van der Waals surface area contributed by atoms with E-state index in [1.807, 2.05) is 0 Å². The second-order valence-electron chi connectivity index (χ2n) is 7.15. The first-order valence-corrected chi connectivity index (χ1v) is 9.20. The molecule has 0 aliphatic carbocycles. The molecule has 0 amide bonds. The standard InChI is InChI=1S/C17H30N2O11/c1-7(20)18(8(2)21,9(3)22)29-16-14(27)13(26)15(28)17(16)30-19(10(4)23,11(5)24)12(6)25/h7-12,20-25H,1-6H3/q+2. The average molecular weight is 438 g/mol. The number of quaternary nitrogens is 2. The fourth-order valence-electron chi connectivity index (χ4n) is 3.33. The maximum atomic E-state index is 12.4. The Morgan fingerprint density at radius 1 is 0.500 bits per heavy atom. The van der Waals surface area contributed by atoms with Gasteiger partial charge in [0.25, 0.3) is 27.8 Å². The monoisotopic (exact) mass is 438 g/mol. The van der Waals surface area contributed by atoms with Gasteiger partial charge in [0, 0.05) is 41.5 Å². The van der Waals surface area contributed by atoms with E-state index in [9.17, 15) is 45.0 Å². The van der Waals surface area contributed by atoms with Crippen molar-refractivity contribution in [3.63, 3.8) is 0 Å². The first kappa shape index (κ1) is 26.1. The van der Waals surface area contributed by atoms with Gasteiger partial charge in [-0.1, -0.05) is 9.29 Å². The topological polar surface area (TPSA) is 191 Å². The maximum Gasteiger partial charge on any atom is 0.294 e. The molecule has 0 fully saturated rings. The molecule has 0 aliphatic rings. The van der Waals surface area contributed by atoms with Crippen LogP contribution in [0.4, 0.5) is 0 Å². The van der Waals surface area contributed by atoms with Gasteiger partial charge in [0.2, 0.25) is 37.4 Å². The number of hydrogen-bond donors (Lipinski definition) is 6. The number of aliphatic hydroxyl groups excluding tert-OH is 6. The van der Waals surface area contributed by atoms with Gasteiger partial charge < -0.3 is 30.6 Å². The van der Waals surface area contributed by atoms with Gasteiger partial charge in [0.1, 0.15) is 0 Å². The lowest BCUT2D eigenvalue weighted by Gasteiger charge is -2.42. The average Bonchev–Trinajstić information content (AvgIpc) is 2.79. The fraction of sp³-hybridized carbons (Fsp3) is 0.706. The predicted molar refractivity (Wildman–Crippen MR) is 99.5 cm³/mol. The van der Waals surface area contributed by atoms with Crippen molar-refractivity contribution < 1.29 is 49.6 Å². The first-order chi connectivity index (χ1) is 13.6. The van der Waals surface area contributed by atoms with Gasteiger partial charge in [-0.05, 0) is 0 Å². The molecule has 0 saturated carbocycles. The fourth-order valence-corrected chi connectivity index (χ4v) is 3.33. The predicted octanol–water partition coefficient (Wildman–Crippen LogP) is -3.11. The highest BCUT2D eigenvalue weighted by Crippen LogP contribution is 2.32. The summed E-state index contributed by atoms with van der Waals surface area (Å²) in [5.74, 6) is -2.14. The van der Waals surface area contributed by atoms with Crippen molar-refractivity contribution in [2.24, 2.45) is 0 Å². The lowest BCUT2D eigenvalue weighted by Crippen LogP contribution is -2.67. The molecule has 0 spiro atoms. The van der Waals surface area contributed by atoms with Crippen molar-refractivity contribution in [1.29, 1.82) is 0 Å². The van der Waals surface area contributed by atoms with Crippen LogP contribution < -0.4 is 26.0 Å². The van der Waals surface area contributed by atoms with Crippen molar-refractivity contribution in [3.05, 3.63) is 30.7 Å². The van der Waals surface area contributed by atoms with Gasteiger partial charge in [-0.3, -0.25) is 24.1 Å². The number of hydrogen-bond acceptors (Lipinski definition) is 11. The minimum atomic E-state index is -1.66. The van der Waals surface area contributed by atoms with Gasteiger partial charge in [0.15, 0.2) is 0 Å². The molecule has 1 rings (SSSR count). The summed E-state index contributed by atoms with van der Waals surface area (Å²) < 4.78 is -2.85. The third-order valence-electron chi connectivity index (χ3n) is 5.03. The van der Waals surface area contributed by atoms with E-state index in [4.69, 9.17) is 9.68 Å². The highest BCUT2D eigenvalue weighted by Gasteiger charge is 2.52. The largest absolute Gasteiger partial charge is 0.342 e. The Labute approximate surface area is 171 Å². The van der Waals surface area contributed by atoms with Gasteiger partial charge in [-0.2, -0.15) is 0 Å². The van der Waals surface area contributed by atoms with Crippen LogP contribution in [0.3, 0.4) is 0 Å². The lowest BCUT2D eigenvalue weighted by molar-refractivity contribution is -1.17. The summed E-state index contributed by atoms with van der Waals surface area (Å²) in [5.41, 5.74) is -4.58. The van der Waals surface area contributed by atoms with Gasteiger partial charge in [-0.25, -0.2) is 0 Å². The molecule has 0 radical (unpaired) electrons. The highest BCUT2D eigenvalue weighted by atomic mass is 16.8. The smallest absolute Gasteiger partial charge is 0.294 e. The second kappa shape index (κ2) is 9.03. The zero-order valence-corrected chi connectivity index (χ0v) is 17.6. The quantitative estimate of drug-likeness (QED) is 0.0938. The molecule has 6 atom stereocenters. The van der Waals surface area contributed by atoms with Crippen LogP contribution in [0.1, 0.15) is 41.5 Å². The van der Waals surface area contributed by atoms with Crippen molar-refractivity contribution >= 4 is 0 Å². The number of aliphatic hydroxyl groups is 6. The summed E-state index contributed by atoms with van der Waals surface area (Å²) in [4.78, 5) is 47.5. The molecule has 0 heterocycles. The van der Waals surface area contributed by atoms with Crippen molar-refractivity contribution in [2.75, 3.05) is 0 Å². The second-order valence-corrected chi connectivity index (χ2v) is 7.15. The van der Waals surface area contributed by atoms with E-state index in [1.165, 1.54) is 0 Å². The number of rotatable bonds is 10. The van der Waals surface area contributed by atoms with Crippen LogP contribution in [0, 0.1) is 0 Å². The van der Waals surface area contributed by atoms with Gasteiger partial charge in [-0.15, -0.1) is 0 Å². The molecule has 6 N–H and O–H groups in total. The normalized spacial score (nSPS) is 22.1. The Bertz CT molecular complexity index is 757. The van der Waals surface area contributed by atoms with E-state index in [0.29, 0.717) is 0 Å². The molecule has 172 valence electrons. The SMILES string of the molecule is CC(O)[N+](Oc1c(O[N+](C(C)O)(C(C)O)C(C)O)c(=O)c(=O)c1=O)(C(C)O)C(C)O. The summed E-state index contributed by atoms with van der Waals surface area (Å²) in [6.07, 6.45) is -9.99. The van der Waals surface area contributed by atoms with Crippen LogP contribution in [0.25, 0.3) is 0 Å². The Morgan fingerprint density at radius 2 is 0.700 bits per heavy atom. The number of nitrogens with zero attached hydrogens (tertiary/aromatic N) is 2. The van der Waals surface area contributed by atoms with Gasteiger partial charge >= 0.3 is 0 Å². The third kappa shape index (κ3) is 3.98. The minimum Gasteiger partial charge on any atom is -0.342 e. The van der Waals surface area contributed by atoms with Crippen molar-refractivity contribution in [3.8, 4) is 11.5 Å².